The van der Waals surface area contributed by atoms with E-state index in [4.69, 9.17) is 12.2 Å². The Morgan fingerprint density at radius 3 is 2.57 bits per heavy atom. The summed E-state index contributed by atoms with van der Waals surface area (Å²) in [5.41, 5.74) is 6.85. The van der Waals surface area contributed by atoms with Gasteiger partial charge in [-0.15, -0.1) is 6.42 Å². The number of nitrogens with two attached hydrogens (primary N) is 1. The van der Waals surface area contributed by atoms with E-state index in [1.54, 1.807) is 0 Å². The SMILES string of the molecule is C#CC1=CCCC=C1C1(C(N)=O)CC1. The molecule has 2 heteroatoms. The first-order valence-corrected chi connectivity index (χ1v) is 4.88. The lowest BCUT2D eigenvalue weighted by Gasteiger charge is -2.19. The molecule has 0 saturated heterocycles. The van der Waals surface area contributed by atoms with Crippen LogP contribution in [-0.4, -0.2) is 5.91 Å². The molecule has 14 heavy (non-hydrogen) atoms. The van der Waals surface area contributed by atoms with Crippen molar-refractivity contribution in [1.82, 2.24) is 0 Å². The molecule has 2 nitrogen and oxygen atoms in total. The maximum absolute atomic E-state index is 11.3. The summed E-state index contributed by atoms with van der Waals surface area (Å²) in [4.78, 5) is 11.3. The monoisotopic (exact) mass is 187 g/mol. The van der Waals surface area contributed by atoms with E-state index in [-0.39, 0.29) is 5.91 Å². The van der Waals surface area contributed by atoms with Crippen LogP contribution in [0.2, 0.25) is 0 Å². The Labute approximate surface area is 83.9 Å². The van der Waals surface area contributed by atoms with Gasteiger partial charge in [-0.25, -0.2) is 0 Å². The number of amides is 1. The highest BCUT2D eigenvalue weighted by atomic mass is 16.1. The molecule has 72 valence electrons. The number of carbonyl (C=O) groups is 1. The Bertz CT molecular complexity index is 378. The quantitative estimate of drug-likeness (QED) is 0.654. The number of primary amides is 1. The predicted molar refractivity (Wildman–Crippen MR) is 55.1 cm³/mol. The van der Waals surface area contributed by atoms with Crippen molar-refractivity contribution in [3.63, 3.8) is 0 Å². The Hall–Kier alpha value is -1.49. The van der Waals surface area contributed by atoms with Crippen molar-refractivity contribution in [3.8, 4) is 12.3 Å². The third-order valence-electron chi connectivity index (χ3n) is 3.05. The second-order valence-corrected chi connectivity index (χ2v) is 3.90. The average molecular weight is 187 g/mol. The van der Waals surface area contributed by atoms with Gasteiger partial charge in [0.25, 0.3) is 0 Å². The first-order chi connectivity index (χ1) is 6.70. The minimum absolute atomic E-state index is 0.230. The topological polar surface area (TPSA) is 43.1 Å². The van der Waals surface area contributed by atoms with Crippen molar-refractivity contribution >= 4 is 5.91 Å². The summed E-state index contributed by atoms with van der Waals surface area (Å²) in [6, 6.07) is 0. The second kappa shape index (κ2) is 3.02. The smallest absolute Gasteiger partial charge is 0.228 e. The van der Waals surface area contributed by atoms with Crippen molar-refractivity contribution in [2.24, 2.45) is 11.1 Å². The summed E-state index contributed by atoms with van der Waals surface area (Å²) >= 11 is 0. The van der Waals surface area contributed by atoms with Crippen molar-refractivity contribution in [2.45, 2.75) is 25.7 Å². The highest BCUT2D eigenvalue weighted by molar-refractivity contribution is 5.89. The Kier molecular flexibility index (Phi) is 1.96. The van der Waals surface area contributed by atoms with Crippen LogP contribution < -0.4 is 5.73 Å². The average Bonchev–Trinajstić information content (AvgIpc) is 2.98. The predicted octanol–water partition coefficient (Wildman–Crippen LogP) is 1.53. The third kappa shape index (κ3) is 1.17. The Balaban J connectivity index is 2.35. The van der Waals surface area contributed by atoms with Crippen molar-refractivity contribution in [2.75, 3.05) is 0 Å². The van der Waals surface area contributed by atoms with Gasteiger partial charge in [0.1, 0.15) is 0 Å². The van der Waals surface area contributed by atoms with Gasteiger partial charge in [0, 0.05) is 5.57 Å². The van der Waals surface area contributed by atoms with Gasteiger partial charge in [-0.2, -0.15) is 0 Å². The third-order valence-corrected chi connectivity index (χ3v) is 3.05. The van der Waals surface area contributed by atoms with Crippen LogP contribution in [0.25, 0.3) is 0 Å². The van der Waals surface area contributed by atoms with Gasteiger partial charge in [0.15, 0.2) is 0 Å². The highest BCUT2D eigenvalue weighted by Crippen LogP contribution is 2.54. The fraction of sp³-hybridized carbons (Fsp3) is 0.417. The molecule has 2 N–H and O–H groups in total. The minimum Gasteiger partial charge on any atom is -0.369 e. The van der Waals surface area contributed by atoms with Crippen molar-refractivity contribution in [1.29, 1.82) is 0 Å². The maximum atomic E-state index is 11.3. The molecule has 0 aromatic rings. The number of rotatable bonds is 2. The van der Waals surface area contributed by atoms with E-state index >= 15 is 0 Å². The maximum Gasteiger partial charge on any atom is 0.228 e. The standard InChI is InChI=1S/C12H13NO/c1-2-9-5-3-4-6-10(9)12(7-8-12)11(13)14/h1,5-6H,3-4,7-8H2,(H2,13,14). The molecule has 0 radical (unpaired) electrons. The van der Waals surface area contributed by atoms with Gasteiger partial charge >= 0.3 is 0 Å². The van der Waals surface area contributed by atoms with Crippen molar-refractivity contribution < 1.29 is 4.79 Å². The summed E-state index contributed by atoms with van der Waals surface area (Å²) in [5.74, 6) is 2.41. The fourth-order valence-corrected chi connectivity index (χ4v) is 2.04. The molecule has 0 atom stereocenters. The number of carbonyl (C=O) groups excluding carboxylic acids is 1. The Morgan fingerprint density at radius 2 is 2.07 bits per heavy atom. The van der Waals surface area contributed by atoms with E-state index in [0.717, 1.165) is 36.8 Å². The lowest BCUT2D eigenvalue weighted by Crippen LogP contribution is -2.27. The second-order valence-electron chi connectivity index (χ2n) is 3.90. The number of terminal acetylenes is 1. The van der Waals surface area contributed by atoms with E-state index < -0.39 is 5.41 Å². The molecule has 0 heterocycles. The normalized spacial score (nSPS) is 23.1. The number of hydrogen-bond acceptors (Lipinski definition) is 1. The molecule has 1 fully saturated rings. The molecule has 1 saturated carbocycles. The van der Waals surface area contributed by atoms with E-state index in [1.807, 2.05) is 6.08 Å². The molecule has 0 unspecified atom stereocenters. The lowest BCUT2D eigenvalue weighted by atomic mass is 9.85. The van der Waals surface area contributed by atoms with Crippen LogP contribution in [0, 0.1) is 17.8 Å². The molecule has 2 aliphatic rings. The number of allylic oxidation sites excluding steroid dienone is 3. The highest BCUT2D eigenvalue weighted by Gasteiger charge is 2.52. The summed E-state index contributed by atoms with van der Waals surface area (Å²) in [7, 11) is 0. The van der Waals surface area contributed by atoms with Gasteiger partial charge in [-0.05, 0) is 31.3 Å². The van der Waals surface area contributed by atoms with Gasteiger partial charge in [0.05, 0.1) is 5.41 Å². The first-order valence-electron chi connectivity index (χ1n) is 4.88. The molecular weight excluding hydrogens is 174 g/mol. The molecule has 0 aromatic heterocycles. The number of hydrogen-bond donors (Lipinski definition) is 1. The first kappa shape index (κ1) is 9.08. The fourth-order valence-electron chi connectivity index (χ4n) is 2.04. The van der Waals surface area contributed by atoms with E-state index in [2.05, 4.69) is 12.0 Å². The van der Waals surface area contributed by atoms with Crippen LogP contribution in [0.15, 0.2) is 23.3 Å². The minimum atomic E-state index is -0.418. The van der Waals surface area contributed by atoms with Gasteiger partial charge in [-0.1, -0.05) is 18.1 Å². The molecule has 0 aromatic carbocycles. The summed E-state index contributed by atoms with van der Waals surface area (Å²) in [6.07, 6.45) is 13.2. The zero-order valence-corrected chi connectivity index (χ0v) is 8.05. The van der Waals surface area contributed by atoms with Gasteiger partial charge in [-0.3, -0.25) is 4.79 Å². The van der Waals surface area contributed by atoms with E-state index in [9.17, 15) is 4.79 Å². The van der Waals surface area contributed by atoms with Crippen LogP contribution in [0.5, 0.6) is 0 Å². The van der Waals surface area contributed by atoms with Crippen molar-refractivity contribution in [3.05, 3.63) is 23.3 Å². The van der Waals surface area contributed by atoms with Crippen LogP contribution >= 0.6 is 0 Å². The summed E-state index contributed by atoms with van der Waals surface area (Å²) < 4.78 is 0. The van der Waals surface area contributed by atoms with Crippen LogP contribution in [0.4, 0.5) is 0 Å². The largest absolute Gasteiger partial charge is 0.369 e. The molecule has 1 amide bonds. The molecule has 0 aliphatic heterocycles. The van der Waals surface area contributed by atoms with Crippen LogP contribution in [0.3, 0.4) is 0 Å². The molecule has 0 spiro atoms. The van der Waals surface area contributed by atoms with E-state index in [1.165, 1.54) is 0 Å². The summed E-state index contributed by atoms with van der Waals surface area (Å²) in [5, 5.41) is 0. The van der Waals surface area contributed by atoms with E-state index in [0.29, 0.717) is 0 Å². The zero-order valence-electron chi connectivity index (χ0n) is 8.05. The molecule has 2 aliphatic carbocycles. The lowest BCUT2D eigenvalue weighted by molar-refractivity contribution is -0.121. The van der Waals surface area contributed by atoms with Crippen LogP contribution in [0.1, 0.15) is 25.7 Å². The molecule has 2 rings (SSSR count). The zero-order chi connectivity index (χ0) is 10.2. The molecular formula is C12H13NO. The van der Waals surface area contributed by atoms with Crippen LogP contribution in [-0.2, 0) is 4.79 Å². The Morgan fingerprint density at radius 1 is 1.43 bits per heavy atom. The summed E-state index contributed by atoms with van der Waals surface area (Å²) in [6.45, 7) is 0. The van der Waals surface area contributed by atoms with Gasteiger partial charge < -0.3 is 5.73 Å². The van der Waals surface area contributed by atoms with Gasteiger partial charge in [0.2, 0.25) is 5.91 Å². The molecule has 0 bridgehead atoms.